The summed E-state index contributed by atoms with van der Waals surface area (Å²) in [7, 11) is -3.26. The molecular formula is C17H23FN2O5S. The summed E-state index contributed by atoms with van der Waals surface area (Å²) in [5.41, 5.74) is 0.410. The quantitative estimate of drug-likeness (QED) is 0.752. The average Bonchev–Trinajstić information content (AvgIpc) is 2.60. The Morgan fingerprint density at radius 1 is 1.27 bits per heavy atom. The molecule has 0 aromatic heterocycles. The third-order valence-corrected chi connectivity index (χ3v) is 5.59. The number of nitrogens with zero attached hydrogens (tertiary/aromatic N) is 1. The van der Waals surface area contributed by atoms with E-state index in [0.29, 0.717) is 24.9 Å². The molecule has 2 rings (SSSR count). The van der Waals surface area contributed by atoms with Crippen LogP contribution in [0.5, 0.6) is 0 Å². The fourth-order valence-corrected chi connectivity index (χ4v) is 3.61. The van der Waals surface area contributed by atoms with Crippen LogP contribution in [0.3, 0.4) is 0 Å². The van der Waals surface area contributed by atoms with Gasteiger partial charge >= 0.3 is 5.97 Å². The van der Waals surface area contributed by atoms with Crippen LogP contribution in [0.2, 0.25) is 0 Å². The summed E-state index contributed by atoms with van der Waals surface area (Å²) >= 11 is 0. The predicted octanol–water partition coefficient (Wildman–Crippen LogP) is 1.76. The zero-order valence-electron chi connectivity index (χ0n) is 14.8. The van der Waals surface area contributed by atoms with Gasteiger partial charge in [0, 0.05) is 18.8 Å². The van der Waals surface area contributed by atoms with Crippen LogP contribution >= 0.6 is 0 Å². The summed E-state index contributed by atoms with van der Waals surface area (Å²) in [6, 6.07) is 5.28. The van der Waals surface area contributed by atoms with Gasteiger partial charge in [0.05, 0.1) is 12.2 Å². The lowest BCUT2D eigenvalue weighted by Gasteiger charge is -2.29. The molecule has 0 bridgehead atoms. The zero-order chi connectivity index (χ0) is 19.3. The highest BCUT2D eigenvalue weighted by Gasteiger charge is 2.32. The Hall–Kier alpha value is -2.00. The van der Waals surface area contributed by atoms with Crippen molar-refractivity contribution < 1.29 is 27.1 Å². The van der Waals surface area contributed by atoms with Crippen molar-refractivity contribution in [3.63, 3.8) is 0 Å². The predicted molar refractivity (Wildman–Crippen MR) is 94.3 cm³/mol. The Kier molecular flexibility index (Phi) is 6.71. The van der Waals surface area contributed by atoms with Gasteiger partial charge in [0.2, 0.25) is 10.0 Å². The molecule has 1 N–H and O–H groups in total. The molecule has 1 heterocycles. The molecule has 0 unspecified atom stereocenters. The maximum Gasteiger partial charge on any atom is 0.309 e. The van der Waals surface area contributed by atoms with Gasteiger partial charge < -0.3 is 10.1 Å². The molecule has 0 spiro atoms. The molecule has 1 saturated heterocycles. The summed E-state index contributed by atoms with van der Waals surface area (Å²) in [5.74, 6) is -1.83. The highest BCUT2D eigenvalue weighted by Crippen LogP contribution is 2.21. The normalized spacial score (nSPS) is 17.5. The van der Waals surface area contributed by atoms with Crippen LogP contribution in [-0.2, 0) is 24.3 Å². The van der Waals surface area contributed by atoms with E-state index in [4.69, 9.17) is 4.74 Å². The number of halogens is 1. The van der Waals surface area contributed by atoms with Crippen molar-refractivity contribution in [2.24, 2.45) is 5.92 Å². The lowest BCUT2D eigenvalue weighted by atomic mass is 9.98. The number of hydrogen-bond donors (Lipinski definition) is 1. The second-order valence-corrected chi connectivity index (χ2v) is 8.25. The largest absolute Gasteiger partial charge is 0.452 e. The maximum atomic E-state index is 12.9. The van der Waals surface area contributed by atoms with Crippen molar-refractivity contribution in [3.05, 3.63) is 30.1 Å². The number of hydrogen-bond acceptors (Lipinski definition) is 5. The van der Waals surface area contributed by atoms with E-state index in [1.54, 1.807) is 6.92 Å². The van der Waals surface area contributed by atoms with Gasteiger partial charge in [0.25, 0.3) is 5.91 Å². The Balaban J connectivity index is 1.89. The topological polar surface area (TPSA) is 92.8 Å². The van der Waals surface area contributed by atoms with Crippen molar-refractivity contribution in [3.8, 4) is 0 Å². The molecule has 1 aromatic carbocycles. The summed E-state index contributed by atoms with van der Waals surface area (Å²) in [6.07, 6.45) is 1.20. The summed E-state index contributed by atoms with van der Waals surface area (Å²) in [4.78, 5) is 24.6. The molecule has 1 atom stereocenters. The van der Waals surface area contributed by atoms with E-state index in [0.717, 1.165) is 6.26 Å². The van der Waals surface area contributed by atoms with Crippen LogP contribution < -0.4 is 5.32 Å². The monoisotopic (exact) mass is 386 g/mol. The Morgan fingerprint density at radius 2 is 1.85 bits per heavy atom. The number of piperidine rings is 1. The molecule has 26 heavy (non-hydrogen) atoms. The van der Waals surface area contributed by atoms with Crippen LogP contribution in [0.1, 0.15) is 26.2 Å². The third-order valence-electron chi connectivity index (χ3n) is 4.29. The molecule has 7 nitrogen and oxygen atoms in total. The van der Waals surface area contributed by atoms with Gasteiger partial charge in [-0.3, -0.25) is 9.59 Å². The van der Waals surface area contributed by atoms with E-state index in [1.807, 2.05) is 0 Å². The molecule has 1 fully saturated rings. The smallest absolute Gasteiger partial charge is 0.309 e. The number of anilines is 1. The Morgan fingerprint density at radius 3 is 2.35 bits per heavy atom. The van der Waals surface area contributed by atoms with Crippen molar-refractivity contribution in [1.82, 2.24) is 4.31 Å². The van der Waals surface area contributed by atoms with E-state index < -0.39 is 39.7 Å². The lowest BCUT2D eigenvalue weighted by Crippen LogP contribution is -2.41. The van der Waals surface area contributed by atoms with E-state index >= 15 is 0 Å². The summed E-state index contributed by atoms with van der Waals surface area (Å²) < 4.78 is 42.6. The summed E-state index contributed by atoms with van der Waals surface area (Å²) in [6.45, 7) is 2.24. The molecular weight excluding hydrogens is 363 g/mol. The van der Waals surface area contributed by atoms with Crippen molar-refractivity contribution in [1.29, 1.82) is 0 Å². The highest BCUT2D eigenvalue weighted by molar-refractivity contribution is 7.88. The number of carbonyl (C=O) groups is 2. The van der Waals surface area contributed by atoms with Crippen LogP contribution in [0.4, 0.5) is 10.1 Å². The van der Waals surface area contributed by atoms with Crippen LogP contribution in [0.15, 0.2) is 24.3 Å². The number of carbonyl (C=O) groups excluding carboxylic acids is 2. The van der Waals surface area contributed by atoms with Gasteiger partial charge in [-0.25, -0.2) is 17.1 Å². The van der Waals surface area contributed by atoms with Gasteiger partial charge in [-0.2, -0.15) is 0 Å². The molecule has 0 aliphatic carbocycles. The van der Waals surface area contributed by atoms with Crippen LogP contribution in [-0.4, -0.2) is 50.0 Å². The molecule has 1 amide bonds. The first kappa shape index (κ1) is 20.3. The molecule has 1 aliphatic rings. The van der Waals surface area contributed by atoms with E-state index in [-0.39, 0.29) is 13.1 Å². The third kappa shape index (κ3) is 5.50. The second-order valence-electron chi connectivity index (χ2n) is 6.27. The first-order valence-corrected chi connectivity index (χ1v) is 10.3. The first-order valence-electron chi connectivity index (χ1n) is 8.42. The Labute approximate surface area is 152 Å². The molecule has 0 saturated carbocycles. The number of benzene rings is 1. The maximum absolute atomic E-state index is 12.9. The van der Waals surface area contributed by atoms with Gasteiger partial charge in [-0.05, 0) is 43.5 Å². The van der Waals surface area contributed by atoms with Crippen molar-refractivity contribution in [2.45, 2.75) is 32.3 Å². The van der Waals surface area contributed by atoms with Gasteiger partial charge in [-0.15, -0.1) is 0 Å². The fourth-order valence-electron chi connectivity index (χ4n) is 2.74. The standard InChI is InChI=1S/C17H23FN2O5S/c1-3-15(16(21)19-14-6-4-13(18)5-7-14)25-17(22)12-8-10-20(11-9-12)26(2,23)24/h4-7,12,15H,3,8-11H2,1-2H3,(H,19,21)/t15-/m0/s1. The molecule has 0 radical (unpaired) electrons. The van der Waals surface area contributed by atoms with E-state index in [9.17, 15) is 22.4 Å². The summed E-state index contributed by atoms with van der Waals surface area (Å²) in [5, 5.41) is 2.59. The van der Waals surface area contributed by atoms with Crippen LogP contribution in [0, 0.1) is 11.7 Å². The Bertz CT molecular complexity index is 743. The number of amides is 1. The van der Waals surface area contributed by atoms with Crippen molar-refractivity contribution in [2.75, 3.05) is 24.7 Å². The number of esters is 1. The average molecular weight is 386 g/mol. The zero-order valence-corrected chi connectivity index (χ0v) is 15.6. The second kappa shape index (κ2) is 8.59. The molecule has 9 heteroatoms. The minimum Gasteiger partial charge on any atom is -0.452 e. The minimum absolute atomic E-state index is 0.261. The number of rotatable bonds is 6. The van der Waals surface area contributed by atoms with E-state index in [1.165, 1.54) is 28.6 Å². The van der Waals surface area contributed by atoms with E-state index in [2.05, 4.69) is 5.32 Å². The minimum atomic E-state index is -3.26. The van der Waals surface area contributed by atoms with Crippen LogP contribution in [0.25, 0.3) is 0 Å². The molecule has 1 aromatic rings. The van der Waals surface area contributed by atoms with Crippen molar-refractivity contribution >= 4 is 27.6 Å². The molecule has 1 aliphatic heterocycles. The van der Waals surface area contributed by atoms with Gasteiger partial charge in [0.15, 0.2) is 6.10 Å². The van der Waals surface area contributed by atoms with Gasteiger partial charge in [0.1, 0.15) is 5.82 Å². The number of ether oxygens (including phenoxy) is 1. The number of sulfonamides is 1. The SMILES string of the molecule is CC[C@H](OC(=O)C1CCN(S(C)(=O)=O)CC1)C(=O)Nc1ccc(F)cc1. The highest BCUT2D eigenvalue weighted by atomic mass is 32.2. The lowest BCUT2D eigenvalue weighted by molar-refractivity contribution is -0.159. The molecule has 144 valence electrons. The first-order chi connectivity index (χ1) is 12.2. The van der Waals surface area contributed by atoms with Gasteiger partial charge in [-0.1, -0.05) is 6.92 Å². The number of nitrogens with one attached hydrogen (secondary N) is 1. The fraction of sp³-hybridized carbons (Fsp3) is 0.529.